The third-order valence-corrected chi connectivity index (χ3v) is 2.88. The standard InChI is InChI=1S/C16H11NO2/c17-10-15-16(13-8-4-5-9-14(13)19-15)18-11-12-6-2-1-3-7-12/h1-9H,11H2. The largest absolute Gasteiger partial charge is 0.483 e. The molecule has 0 spiro atoms. The van der Waals surface area contributed by atoms with Crippen LogP contribution in [0, 0.1) is 11.3 Å². The molecule has 0 fully saturated rings. The van der Waals surface area contributed by atoms with Crippen molar-refractivity contribution in [3.05, 3.63) is 65.9 Å². The monoisotopic (exact) mass is 249 g/mol. The number of ether oxygens (including phenoxy) is 1. The number of furan rings is 1. The van der Waals surface area contributed by atoms with Crippen LogP contribution in [0.1, 0.15) is 11.3 Å². The maximum absolute atomic E-state index is 9.09. The van der Waals surface area contributed by atoms with Gasteiger partial charge in [-0.15, -0.1) is 0 Å². The highest BCUT2D eigenvalue weighted by atomic mass is 16.5. The van der Waals surface area contributed by atoms with E-state index in [-0.39, 0.29) is 5.76 Å². The molecule has 3 aromatic rings. The average Bonchev–Trinajstić information content (AvgIpc) is 2.84. The molecule has 0 aliphatic carbocycles. The quantitative estimate of drug-likeness (QED) is 0.707. The number of benzene rings is 2. The van der Waals surface area contributed by atoms with Crippen LogP contribution in [0.15, 0.2) is 59.0 Å². The molecule has 2 aromatic carbocycles. The number of hydrogen-bond donors (Lipinski definition) is 0. The molecule has 92 valence electrons. The maximum Gasteiger partial charge on any atom is 0.246 e. The van der Waals surface area contributed by atoms with Gasteiger partial charge in [0.2, 0.25) is 5.76 Å². The Balaban J connectivity index is 1.94. The summed E-state index contributed by atoms with van der Waals surface area (Å²) in [6, 6.07) is 19.3. The zero-order chi connectivity index (χ0) is 13.1. The van der Waals surface area contributed by atoms with Crippen molar-refractivity contribution in [3.63, 3.8) is 0 Å². The fourth-order valence-corrected chi connectivity index (χ4v) is 1.97. The lowest BCUT2D eigenvalue weighted by Crippen LogP contribution is -1.95. The van der Waals surface area contributed by atoms with E-state index in [2.05, 4.69) is 0 Å². The van der Waals surface area contributed by atoms with Crippen molar-refractivity contribution >= 4 is 11.0 Å². The van der Waals surface area contributed by atoms with Gasteiger partial charge in [0.25, 0.3) is 0 Å². The van der Waals surface area contributed by atoms with E-state index in [1.165, 1.54) is 0 Å². The van der Waals surface area contributed by atoms with Crippen LogP contribution in [0.3, 0.4) is 0 Å². The van der Waals surface area contributed by atoms with Crippen LogP contribution in [0.4, 0.5) is 0 Å². The van der Waals surface area contributed by atoms with E-state index in [1.807, 2.05) is 60.7 Å². The SMILES string of the molecule is N#Cc1oc2ccccc2c1OCc1ccccc1. The highest BCUT2D eigenvalue weighted by Crippen LogP contribution is 2.32. The van der Waals surface area contributed by atoms with Crippen molar-refractivity contribution < 1.29 is 9.15 Å². The van der Waals surface area contributed by atoms with Crippen LogP contribution in [0.5, 0.6) is 5.75 Å². The smallest absolute Gasteiger partial charge is 0.246 e. The third-order valence-electron chi connectivity index (χ3n) is 2.88. The van der Waals surface area contributed by atoms with Gasteiger partial charge in [-0.3, -0.25) is 0 Å². The van der Waals surface area contributed by atoms with Gasteiger partial charge in [0.05, 0.1) is 5.39 Å². The Hall–Kier alpha value is -2.73. The minimum absolute atomic E-state index is 0.220. The van der Waals surface area contributed by atoms with E-state index in [4.69, 9.17) is 14.4 Å². The summed E-state index contributed by atoms with van der Waals surface area (Å²) in [6.45, 7) is 0.416. The highest BCUT2D eigenvalue weighted by molar-refractivity contribution is 5.86. The topological polar surface area (TPSA) is 46.2 Å². The summed E-state index contributed by atoms with van der Waals surface area (Å²) in [5, 5.41) is 9.92. The molecule has 0 bridgehead atoms. The molecule has 0 atom stereocenters. The summed E-state index contributed by atoms with van der Waals surface area (Å²) in [5.74, 6) is 0.735. The van der Waals surface area contributed by atoms with Crippen LogP contribution >= 0.6 is 0 Å². The van der Waals surface area contributed by atoms with Gasteiger partial charge >= 0.3 is 0 Å². The van der Waals surface area contributed by atoms with Crippen molar-refractivity contribution in [1.82, 2.24) is 0 Å². The normalized spacial score (nSPS) is 10.3. The first-order valence-electron chi connectivity index (χ1n) is 5.97. The Morgan fingerprint density at radius 2 is 1.74 bits per heavy atom. The highest BCUT2D eigenvalue weighted by Gasteiger charge is 2.14. The van der Waals surface area contributed by atoms with Gasteiger partial charge in [-0.2, -0.15) is 5.26 Å². The molecule has 0 aliphatic heterocycles. The Morgan fingerprint density at radius 1 is 1.00 bits per heavy atom. The number of rotatable bonds is 3. The summed E-state index contributed by atoms with van der Waals surface area (Å²) in [6.07, 6.45) is 0. The van der Waals surface area contributed by atoms with E-state index in [0.29, 0.717) is 17.9 Å². The molecule has 0 saturated heterocycles. The lowest BCUT2D eigenvalue weighted by Gasteiger charge is -2.04. The van der Waals surface area contributed by atoms with E-state index in [0.717, 1.165) is 10.9 Å². The minimum Gasteiger partial charge on any atom is -0.483 e. The molecular formula is C16H11NO2. The maximum atomic E-state index is 9.09. The number of nitrogens with zero attached hydrogens (tertiary/aromatic N) is 1. The lowest BCUT2D eigenvalue weighted by molar-refractivity contribution is 0.303. The molecule has 0 radical (unpaired) electrons. The van der Waals surface area contributed by atoms with Crippen LogP contribution in [-0.2, 0) is 6.61 Å². The molecule has 3 heteroatoms. The van der Waals surface area contributed by atoms with Crippen molar-refractivity contribution in [2.75, 3.05) is 0 Å². The zero-order valence-corrected chi connectivity index (χ0v) is 10.2. The van der Waals surface area contributed by atoms with Crippen molar-refractivity contribution in [3.8, 4) is 11.8 Å². The van der Waals surface area contributed by atoms with Gasteiger partial charge in [-0.25, -0.2) is 0 Å². The van der Waals surface area contributed by atoms with Gasteiger partial charge in [-0.05, 0) is 17.7 Å². The van der Waals surface area contributed by atoms with Gasteiger partial charge < -0.3 is 9.15 Å². The second-order valence-electron chi connectivity index (χ2n) is 4.14. The molecular weight excluding hydrogens is 238 g/mol. The van der Waals surface area contributed by atoms with Gasteiger partial charge in [0.1, 0.15) is 18.3 Å². The fourth-order valence-electron chi connectivity index (χ4n) is 1.97. The predicted molar refractivity (Wildman–Crippen MR) is 71.7 cm³/mol. The first kappa shape index (κ1) is 11.4. The van der Waals surface area contributed by atoms with Crippen LogP contribution in [0.2, 0.25) is 0 Å². The average molecular weight is 249 g/mol. The number of para-hydroxylation sites is 1. The van der Waals surface area contributed by atoms with E-state index in [9.17, 15) is 0 Å². The number of nitriles is 1. The van der Waals surface area contributed by atoms with Crippen LogP contribution < -0.4 is 4.74 Å². The van der Waals surface area contributed by atoms with E-state index >= 15 is 0 Å². The first-order chi connectivity index (χ1) is 9.38. The summed E-state index contributed by atoms with van der Waals surface area (Å²) >= 11 is 0. The van der Waals surface area contributed by atoms with Gasteiger partial charge in [-0.1, -0.05) is 42.5 Å². The Bertz CT molecular complexity index is 738. The molecule has 0 aliphatic rings. The van der Waals surface area contributed by atoms with Crippen molar-refractivity contribution in [1.29, 1.82) is 5.26 Å². The Morgan fingerprint density at radius 3 is 2.53 bits per heavy atom. The Kier molecular flexibility index (Phi) is 2.91. The first-order valence-corrected chi connectivity index (χ1v) is 5.97. The lowest BCUT2D eigenvalue weighted by atomic mass is 10.2. The predicted octanol–water partition coefficient (Wildman–Crippen LogP) is 3.88. The van der Waals surface area contributed by atoms with Gasteiger partial charge in [0.15, 0.2) is 5.75 Å². The van der Waals surface area contributed by atoms with Crippen LogP contribution in [-0.4, -0.2) is 0 Å². The molecule has 1 aromatic heterocycles. The second kappa shape index (κ2) is 4.87. The minimum atomic E-state index is 0.220. The number of fused-ring (bicyclic) bond motifs is 1. The summed E-state index contributed by atoms with van der Waals surface area (Å²) in [7, 11) is 0. The van der Waals surface area contributed by atoms with Crippen LogP contribution in [0.25, 0.3) is 11.0 Å². The molecule has 19 heavy (non-hydrogen) atoms. The molecule has 0 amide bonds. The zero-order valence-electron chi connectivity index (χ0n) is 10.2. The summed E-state index contributed by atoms with van der Waals surface area (Å²) in [5.41, 5.74) is 1.72. The van der Waals surface area contributed by atoms with E-state index in [1.54, 1.807) is 0 Å². The Labute approximate surface area is 110 Å². The summed E-state index contributed by atoms with van der Waals surface area (Å²) < 4.78 is 11.2. The third kappa shape index (κ3) is 2.16. The van der Waals surface area contributed by atoms with E-state index < -0.39 is 0 Å². The van der Waals surface area contributed by atoms with Crippen molar-refractivity contribution in [2.24, 2.45) is 0 Å². The number of hydrogen-bond acceptors (Lipinski definition) is 3. The van der Waals surface area contributed by atoms with Gasteiger partial charge in [0, 0.05) is 0 Å². The molecule has 3 nitrogen and oxygen atoms in total. The molecule has 0 unspecified atom stereocenters. The molecule has 3 rings (SSSR count). The molecule has 0 saturated carbocycles. The fraction of sp³-hybridized carbons (Fsp3) is 0.0625. The second-order valence-corrected chi connectivity index (χ2v) is 4.14. The molecule has 1 heterocycles. The van der Waals surface area contributed by atoms with Crippen molar-refractivity contribution in [2.45, 2.75) is 6.61 Å². The summed E-state index contributed by atoms with van der Waals surface area (Å²) in [4.78, 5) is 0. The molecule has 0 N–H and O–H groups in total.